The third kappa shape index (κ3) is 2.89. The van der Waals surface area contributed by atoms with Gasteiger partial charge in [-0.15, -0.1) is 5.10 Å². The maximum Gasteiger partial charge on any atom is 0.338 e. The average Bonchev–Trinajstić information content (AvgIpc) is 3.17. The van der Waals surface area contributed by atoms with Crippen LogP contribution >= 0.6 is 0 Å². The van der Waals surface area contributed by atoms with Crippen LogP contribution in [0, 0.1) is 0 Å². The maximum atomic E-state index is 10.7. The van der Waals surface area contributed by atoms with Crippen molar-refractivity contribution >= 4 is 11.7 Å². The van der Waals surface area contributed by atoms with Gasteiger partial charge in [0.25, 0.3) is 0 Å². The topological polar surface area (TPSA) is 106 Å². The van der Waals surface area contributed by atoms with E-state index in [0.717, 1.165) is 11.4 Å². The SMILES string of the molecule is O=C(O)c1coc(CNc2ccc(-n3cnnn3)cc2)c1. The molecule has 3 rings (SSSR count). The number of nitrogens with zero attached hydrogens (tertiary/aromatic N) is 4. The molecule has 0 fully saturated rings. The molecule has 8 heteroatoms. The van der Waals surface area contributed by atoms with Gasteiger partial charge in [0.1, 0.15) is 18.4 Å². The van der Waals surface area contributed by atoms with Crippen LogP contribution in [0.2, 0.25) is 0 Å². The second kappa shape index (κ2) is 5.45. The molecule has 0 aliphatic heterocycles. The molecule has 3 aromatic rings. The Labute approximate surface area is 119 Å². The molecule has 2 aromatic heterocycles. The van der Waals surface area contributed by atoms with Crippen molar-refractivity contribution in [3.8, 4) is 5.69 Å². The molecule has 0 unspecified atom stereocenters. The van der Waals surface area contributed by atoms with Gasteiger partial charge in [-0.3, -0.25) is 0 Å². The first-order chi connectivity index (χ1) is 10.2. The van der Waals surface area contributed by atoms with Gasteiger partial charge in [0.2, 0.25) is 0 Å². The molecule has 0 saturated carbocycles. The van der Waals surface area contributed by atoms with Gasteiger partial charge in [-0.1, -0.05) is 0 Å². The van der Waals surface area contributed by atoms with Crippen LogP contribution in [0.25, 0.3) is 5.69 Å². The van der Waals surface area contributed by atoms with Crippen molar-refractivity contribution < 1.29 is 14.3 Å². The number of benzene rings is 1. The molecule has 0 atom stereocenters. The van der Waals surface area contributed by atoms with Gasteiger partial charge in [-0.05, 0) is 40.8 Å². The third-order valence-electron chi connectivity index (χ3n) is 2.85. The number of aromatic nitrogens is 4. The van der Waals surface area contributed by atoms with Crippen LogP contribution in [0.5, 0.6) is 0 Å². The summed E-state index contributed by atoms with van der Waals surface area (Å²) >= 11 is 0. The van der Waals surface area contributed by atoms with E-state index < -0.39 is 5.97 Å². The number of aromatic carboxylic acids is 1. The highest BCUT2D eigenvalue weighted by Crippen LogP contribution is 2.14. The number of hydrogen-bond acceptors (Lipinski definition) is 6. The highest BCUT2D eigenvalue weighted by molar-refractivity contribution is 5.87. The van der Waals surface area contributed by atoms with Crippen molar-refractivity contribution in [3.05, 3.63) is 54.2 Å². The normalized spacial score (nSPS) is 10.5. The number of carboxylic acids is 1. The van der Waals surface area contributed by atoms with E-state index in [1.54, 1.807) is 4.68 Å². The summed E-state index contributed by atoms with van der Waals surface area (Å²) in [6, 6.07) is 8.97. The van der Waals surface area contributed by atoms with Crippen molar-refractivity contribution in [2.45, 2.75) is 6.54 Å². The lowest BCUT2D eigenvalue weighted by atomic mass is 10.2. The Morgan fingerprint density at radius 3 is 2.76 bits per heavy atom. The Balaban J connectivity index is 1.64. The number of tetrazole rings is 1. The molecule has 0 aliphatic rings. The van der Waals surface area contributed by atoms with Crippen LogP contribution in [-0.2, 0) is 6.54 Å². The van der Waals surface area contributed by atoms with Gasteiger partial charge < -0.3 is 14.8 Å². The molecular formula is C13H11N5O3. The Hall–Kier alpha value is -3.16. The first kappa shape index (κ1) is 12.9. The molecule has 2 N–H and O–H groups in total. The van der Waals surface area contributed by atoms with Crippen LogP contribution in [0.15, 0.2) is 47.3 Å². The number of hydrogen-bond donors (Lipinski definition) is 2. The minimum Gasteiger partial charge on any atom is -0.478 e. The summed E-state index contributed by atoms with van der Waals surface area (Å²) < 4.78 is 6.71. The van der Waals surface area contributed by atoms with Crippen LogP contribution in [-0.4, -0.2) is 31.3 Å². The van der Waals surface area contributed by atoms with E-state index in [1.807, 2.05) is 24.3 Å². The standard InChI is InChI=1S/C13H11N5O3/c19-13(20)9-5-12(21-7-9)6-14-10-1-3-11(4-2-10)18-8-15-16-17-18/h1-5,7-8,14H,6H2,(H,19,20). The molecule has 106 valence electrons. The minimum absolute atomic E-state index is 0.140. The van der Waals surface area contributed by atoms with Gasteiger partial charge in [0, 0.05) is 5.69 Å². The lowest BCUT2D eigenvalue weighted by Gasteiger charge is -2.05. The third-order valence-corrected chi connectivity index (χ3v) is 2.85. The Kier molecular flexibility index (Phi) is 3.34. The van der Waals surface area contributed by atoms with Crippen molar-refractivity contribution in [2.24, 2.45) is 0 Å². The minimum atomic E-state index is -1.00. The van der Waals surface area contributed by atoms with Gasteiger partial charge in [0.05, 0.1) is 17.8 Å². The quantitative estimate of drug-likeness (QED) is 0.732. The summed E-state index contributed by atoms with van der Waals surface area (Å²) in [5.41, 5.74) is 1.86. The smallest absolute Gasteiger partial charge is 0.338 e. The summed E-state index contributed by atoms with van der Waals surface area (Å²) in [7, 11) is 0. The predicted octanol–water partition coefficient (Wildman–Crippen LogP) is 1.57. The fraction of sp³-hybridized carbons (Fsp3) is 0.0769. The van der Waals surface area contributed by atoms with Crippen LogP contribution in [0.3, 0.4) is 0 Å². The van der Waals surface area contributed by atoms with E-state index in [1.165, 1.54) is 18.7 Å². The molecule has 0 bridgehead atoms. The van der Waals surface area contributed by atoms with Crippen LogP contribution in [0.1, 0.15) is 16.1 Å². The molecule has 8 nitrogen and oxygen atoms in total. The molecule has 2 heterocycles. The van der Waals surface area contributed by atoms with Crippen LogP contribution < -0.4 is 5.32 Å². The van der Waals surface area contributed by atoms with Crippen molar-refractivity contribution in [1.82, 2.24) is 20.2 Å². The Morgan fingerprint density at radius 1 is 1.33 bits per heavy atom. The van der Waals surface area contributed by atoms with Gasteiger partial charge in [-0.25, -0.2) is 9.48 Å². The number of nitrogens with one attached hydrogen (secondary N) is 1. The summed E-state index contributed by atoms with van der Waals surface area (Å²) in [6.45, 7) is 0.400. The predicted molar refractivity (Wildman–Crippen MR) is 72.1 cm³/mol. The molecular weight excluding hydrogens is 274 g/mol. The maximum absolute atomic E-state index is 10.7. The second-order valence-corrected chi connectivity index (χ2v) is 4.26. The average molecular weight is 285 g/mol. The Bertz CT molecular complexity index is 734. The van der Waals surface area contributed by atoms with Crippen LogP contribution in [0.4, 0.5) is 5.69 Å². The van der Waals surface area contributed by atoms with Crippen molar-refractivity contribution in [1.29, 1.82) is 0 Å². The molecule has 21 heavy (non-hydrogen) atoms. The highest BCUT2D eigenvalue weighted by Gasteiger charge is 2.07. The number of carbonyl (C=O) groups is 1. The number of anilines is 1. The molecule has 0 radical (unpaired) electrons. The number of carboxylic acid groups (broad SMARTS) is 1. The van der Waals surface area contributed by atoms with E-state index >= 15 is 0 Å². The van der Waals surface area contributed by atoms with E-state index in [-0.39, 0.29) is 5.56 Å². The van der Waals surface area contributed by atoms with E-state index in [2.05, 4.69) is 20.8 Å². The summed E-state index contributed by atoms with van der Waals surface area (Å²) in [5, 5.41) is 22.9. The molecule has 0 aliphatic carbocycles. The van der Waals surface area contributed by atoms with Crippen molar-refractivity contribution in [3.63, 3.8) is 0 Å². The first-order valence-electron chi connectivity index (χ1n) is 6.10. The molecule has 0 spiro atoms. The summed E-state index contributed by atoms with van der Waals surface area (Å²) in [4.78, 5) is 10.7. The lowest BCUT2D eigenvalue weighted by Crippen LogP contribution is -2.00. The monoisotopic (exact) mass is 285 g/mol. The summed E-state index contributed by atoms with van der Waals surface area (Å²) in [5.74, 6) is -0.451. The zero-order valence-electron chi connectivity index (χ0n) is 10.8. The lowest BCUT2D eigenvalue weighted by molar-refractivity contribution is 0.0696. The van der Waals surface area contributed by atoms with Crippen molar-refractivity contribution in [2.75, 3.05) is 5.32 Å². The fourth-order valence-electron chi connectivity index (χ4n) is 1.79. The fourth-order valence-corrected chi connectivity index (χ4v) is 1.79. The second-order valence-electron chi connectivity index (χ2n) is 4.26. The highest BCUT2D eigenvalue weighted by atomic mass is 16.4. The van der Waals surface area contributed by atoms with E-state index in [9.17, 15) is 4.79 Å². The zero-order chi connectivity index (χ0) is 14.7. The molecule has 0 saturated heterocycles. The zero-order valence-corrected chi connectivity index (χ0v) is 10.8. The number of furan rings is 1. The van der Waals surface area contributed by atoms with Gasteiger partial charge >= 0.3 is 5.97 Å². The van der Waals surface area contributed by atoms with E-state index in [0.29, 0.717) is 12.3 Å². The molecule has 1 aromatic carbocycles. The Morgan fingerprint density at radius 2 is 2.14 bits per heavy atom. The van der Waals surface area contributed by atoms with Gasteiger partial charge in [0.15, 0.2) is 0 Å². The molecule has 0 amide bonds. The van der Waals surface area contributed by atoms with Gasteiger partial charge in [-0.2, -0.15) is 0 Å². The van der Waals surface area contributed by atoms with E-state index in [4.69, 9.17) is 9.52 Å². The largest absolute Gasteiger partial charge is 0.478 e. The number of rotatable bonds is 5. The summed E-state index contributed by atoms with van der Waals surface area (Å²) in [6.07, 6.45) is 2.73. The first-order valence-corrected chi connectivity index (χ1v) is 6.10.